The topological polar surface area (TPSA) is 21.3 Å². The van der Waals surface area contributed by atoms with Crippen LogP contribution >= 0.6 is 11.6 Å². The molecule has 1 aliphatic rings. The molecule has 1 saturated heterocycles. The highest BCUT2D eigenvalue weighted by Crippen LogP contribution is 2.15. The van der Waals surface area contributed by atoms with E-state index in [4.69, 9.17) is 16.3 Å². The van der Waals surface area contributed by atoms with Crippen LogP contribution in [0, 0.1) is 6.92 Å². The molecule has 0 aliphatic carbocycles. The van der Waals surface area contributed by atoms with Crippen molar-refractivity contribution < 1.29 is 4.74 Å². The Hall–Kier alpha value is -0.570. The Morgan fingerprint density at radius 2 is 2.33 bits per heavy atom. The van der Waals surface area contributed by atoms with Gasteiger partial charge in [-0.25, -0.2) is 0 Å². The number of ether oxygens (including phenoxy) is 1. The number of aryl methyl sites for hydroxylation is 1. The molecule has 1 atom stereocenters. The van der Waals surface area contributed by atoms with Gasteiger partial charge in [-0.2, -0.15) is 0 Å². The van der Waals surface area contributed by atoms with Gasteiger partial charge in [0.2, 0.25) is 0 Å². The predicted octanol–water partition coefficient (Wildman–Crippen LogP) is 2.53. The quantitative estimate of drug-likeness (QED) is 0.854. The normalized spacial score (nSPS) is 20.8. The lowest BCUT2D eigenvalue weighted by Gasteiger charge is -2.11. The van der Waals surface area contributed by atoms with E-state index in [0.29, 0.717) is 6.04 Å². The van der Waals surface area contributed by atoms with Crippen molar-refractivity contribution in [2.75, 3.05) is 13.2 Å². The molecule has 2 rings (SSSR count). The van der Waals surface area contributed by atoms with Gasteiger partial charge in [-0.3, -0.25) is 0 Å². The first kappa shape index (κ1) is 10.9. The standard InChI is InChI=1S/C12H16ClNO/c1-9-4-10(6-11(13)5-9)7-14-12-2-3-15-8-12/h4-6,12,14H,2-3,7-8H2,1H3. The van der Waals surface area contributed by atoms with Crippen LogP contribution in [0.25, 0.3) is 0 Å². The predicted molar refractivity (Wildman–Crippen MR) is 62.3 cm³/mol. The van der Waals surface area contributed by atoms with E-state index < -0.39 is 0 Å². The molecule has 82 valence electrons. The Balaban J connectivity index is 1.92. The molecule has 0 saturated carbocycles. The zero-order valence-electron chi connectivity index (χ0n) is 8.92. The zero-order valence-corrected chi connectivity index (χ0v) is 9.68. The van der Waals surface area contributed by atoms with Gasteiger partial charge in [0.15, 0.2) is 0 Å². The average molecular weight is 226 g/mol. The van der Waals surface area contributed by atoms with Crippen LogP contribution in [0.3, 0.4) is 0 Å². The summed E-state index contributed by atoms with van der Waals surface area (Å²) in [6, 6.07) is 6.65. The Morgan fingerprint density at radius 3 is 3.00 bits per heavy atom. The highest BCUT2D eigenvalue weighted by molar-refractivity contribution is 6.30. The van der Waals surface area contributed by atoms with Crippen LogP contribution in [0.2, 0.25) is 5.02 Å². The van der Waals surface area contributed by atoms with Crippen LogP contribution in [0.15, 0.2) is 18.2 Å². The molecule has 3 heteroatoms. The van der Waals surface area contributed by atoms with Crippen molar-refractivity contribution in [3.8, 4) is 0 Å². The Kier molecular flexibility index (Phi) is 3.62. The largest absolute Gasteiger partial charge is 0.380 e. The smallest absolute Gasteiger partial charge is 0.0620 e. The Bertz CT molecular complexity index is 314. The monoisotopic (exact) mass is 225 g/mol. The van der Waals surface area contributed by atoms with Crippen LogP contribution in [-0.4, -0.2) is 19.3 Å². The molecule has 1 fully saturated rings. The number of rotatable bonds is 3. The molecule has 1 aromatic carbocycles. The summed E-state index contributed by atoms with van der Waals surface area (Å²) in [4.78, 5) is 0. The second-order valence-corrected chi connectivity index (χ2v) is 4.51. The van der Waals surface area contributed by atoms with Crippen molar-refractivity contribution >= 4 is 11.6 Å². The van der Waals surface area contributed by atoms with Crippen molar-refractivity contribution in [2.24, 2.45) is 0 Å². The van der Waals surface area contributed by atoms with E-state index in [1.54, 1.807) is 0 Å². The molecule has 2 nitrogen and oxygen atoms in total. The van der Waals surface area contributed by atoms with E-state index in [2.05, 4.69) is 18.3 Å². The van der Waals surface area contributed by atoms with Gasteiger partial charge in [-0.15, -0.1) is 0 Å². The van der Waals surface area contributed by atoms with Gasteiger partial charge >= 0.3 is 0 Å². The second-order valence-electron chi connectivity index (χ2n) is 4.08. The molecule has 0 aromatic heterocycles. The Labute approximate surface area is 95.6 Å². The number of hydrogen-bond donors (Lipinski definition) is 1. The maximum Gasteiger partial charge on any atom is 0.0620 e. The number of hydrogen-bond acceptors (Lipinski definition) is 2. The minimum Gasteiger partial charge on any atom is -0.380 e. The van der Waals surface area contributed by atoms with Gasteiger partial charge in [0.1, 0.15) is 0 Å². The third-order valence-electron chi connectivity index (χ3n) is 2.63. The van der Waals surface area contributed by atoms with Gasteiger partial charge in [-0.1, -0.05) is 17.7 Å². The first-order valence-corrected chi connectivity index (χ1v) is 5.69. The van der Waals surface area contributed by atoms with E-state index in [9.17, 15) is 0 Å². The van der Waals surface area contributed by atoms with Crippen molar-refractivity contribution in [1.29, 1.82) is 0 Å². The van der Waals surface area contributed by atoms with Crippen LogP contribution in [-0.2, 0) is 11.3 Å². The van der Waals surface area contributed by atoms with E-state index in [1.807, 2.05) is 12.1 Å². The average Bonchev–Trinajstić information content (AvgIpc) is 2.65. The second kappa shape index (κ2) is 4.97. The van der Waals surface area contributed by atoms with Crippen LogP contribution in [0.1, 0.15) is 17.5 Å². The van der Waals surface area contributed by atoms with Crippen molar-refractivity contribution in [2.45, 2.75) is 25.9 Å². The van der Waals surface area contributed by atoms with Crippen molar-refractivity contribution in [3.63, 3.8) is 0 Å². The molecular formula is C12H16ClNO. The van der Waals surface area contributed by atoms with Gasteiger partial charge in [0.25, 0.3) is 0 Å². The fraction of sp³-hybridized carbons (Fsp3) is 0.500. The summed E-state index contributed by atoms with van der Waals surface area (Å²) >= 11 is 5.99. The lowest BCUT2D eigenvalue weighted by molar-refractivity contribution is 0.190. The fourth-order valence-corrected chi connectivity index (χ4v) is 2.18. The molecule has 1 heterocycles. The first-order chi connectivity index (χ1) is 7.24. The van der Waals surface area contributed by atoms with E-state index in [0.717, 1.165) is 31.2 Å². The summed E-state index contributed by atoms with van der Waals surface area (Å²) < 4.78 is 5.30. The maximum atomic E-state index is 5.99. The van der Waals surface area contributed by atoms with Gasteiger partial charge in [0, 0.05) is 24.2 Å². The molecular weight excluding hydrogens is 210 g/mol. The van der Waals surface area contributed by atoms with Gasteiger partial charge in [0.05, 0.1) is 6.61 Å². The molecule has 15 heavy (non-hydrogen) atoms. The highest BCUT2D eigenvalue weighted by atomic mass is 35.5. The van der Waals surface area contributed by atoms with E-state index in [1.165, 1.54) is 11.1 Å². The third kappa shape index (κ3) is 3.20. The van der Waals surface area contributed by atoms with E-state index >= 15 is 0 Å². The minimum absolute atomic E-state index is 0.504. The molecule has 1 aliphatic heterocycles. The minimum atomic E-state index is 0.504. The van der Waals surface area contributed by atoms with Gasteiger partial charge < -0.3 is 10.1 Å². The lowest BCUT2D eigenvalue weighted by atomic mass is 10.1. The summed E-state index contributed by atoms with van der Waals surface area (Å²) in [5.74, 6) is 0. The summed E-state index contributed by atoms with van der Waals surface area (Å²) in [5.41, 5.74) is 2.45. The SMILES string of the molecule is Cc1cc(Cl)cc(CNC2CCOC2)c1. The molecule has 0 bridgehead atoms. The molecule has 1 aromatic rings. The highest BCUT2D eigenvalue weighted by Gasteiger charge is 2.14. The molecule has 1 unspecified atom stereocenters. The summed E-state index contributed by atoms with van der Waals surface area (Å²) in [6.45, 7) is 4.65. The molecule has 1 N–H and O–H groups in total. The number of nitrogens with one attached hydrogen (secondary N) is 1. The van der Waals surface area contributed by atoms with E-state index in [-0.39, 0.29) is 0 Å². The molecule has 0 radical (unpaired) electrons. The first-order valence-electron chi connectivity index (χ1n) is 5.31. The fourth-order valence-electron chi connectivity index (χ4n) is 1.87. The Morgan fingerprint density at radius 1 is 1.47 bits per heavy atom. The number of halogens is 1. The molecule has 0 amide bonds. The summed E-state index contributed by atoms with van der Waals surface area (Å²) in [5, 5.41) is 4.28. The zero-order chi connectivity index (χ0) is 10.7. The van der Waals surface area contributed by atoms with Crippen LogP contribution in [0.5, 0.6) is 0 Å². The van der Waals surface area contributed by atoms with Gasteiger partial charge in [-0.05, 0) is 36.6 Å². The van der Waals surface area contributed by atoms with Crippen LogP contribution in [0.4, 0.5) is 0 Å². The number of benzene rings is 1. The lowest BCUT2D eigenvalue weighted by Crippen LogP contribution is -2.28. The van der Waals surface area contributed by atoms with Crippen molar-refractivity contribution in [1.82, 2.24) is 5.32 Å². The van der Waals surface area contributed by atoms with Crippen molar-refractivity contribution in [3.05, 3.63) is 34.3 Å². The van der Waals surface area contributed by atoms with Crippen LogP contribution < -0.4 is 5.32 Å². The maximum absolute atomic E-state index is 5.99. The summed E-state index contributed by atoms with van der Waals surface area (Å²) in [6.07, 6.45) is 1.11. The summed E-state index contributed by atoms with van der Waals surface area (Å²) in [7, 11) is 0. The molecule has 0 spiro atoms. The third-order valence-corrected chi connectivity index (χ3v) is 2.84.